The number of rotatable bonds is 3. The fraction of sp³-hybridized carbons (Fsp3) is 0.500. The van der Waals surface area contributed by atoms with Crippen LogP contribution in [-0.2, 0) is 0 Å². The molecule has 3 aliphatic rings. The van der Waals surface area contributed by atoms with Gasteiger partial charge >= 0.3 is 0 Å². The molecule has 4 nitrogen and oxygen atoms in total. The maximum Gasteiger partial charge on any atom is 0.253 e. The van der Waals surface area contributed by atoms with Crippen molar-refractivity contribution in [1.82, 2.24) is 14.8 Å². The van der Waals surface area contributed by atoms with Gasteiger partial charge in [-0.1, -0.05) is 30.3 Å². The van der Waals surface area contributed by atoms with Crippen molar-refractivity contribution in [2.45, 2.75) is 44.1 Å². The number of carbonyl (C=O) groups is 1. The van der Waals surface area contributed by atoms with E-state index in [0.29, 0.717) is 11.3 Å². The van der Waals surface area contributed by atoms with Gasteiger partial charge in [0.15, 0.2) is 0 Å². The second-order valence-corrected chi connectivity index (χ2v) is 9.00. The zero-order chi connectivity index (χ0) is 19.0. The number of hydrogen-bond donors (Lipinski definition) is 0. The third-order valence-electron chi connectivity index (χ3n) is 7.05. The number of hydrogen-bond acceptors (Lipinski definition) is 3. The lowest BCUT2D eigenvalue weighted by atomic mass is 9.68. The summed E-state index contributed by atoms with van der Waals surface area (Å²) < 4.78 is 0. The topological polar surface area (TPSA) is 36.4 Å². The van der Waals surface area contributed by atoms with Crippen molar-refractivity contribution in [2.75, 3.05) is 26.2 Å². The van der Waals surface area contributed by atoms with Gasteiger partial charge in [0.1, 0.15) is 0 Å². The molecule has 146 valence electrons. The second kappa shape index (κ2) is 7.32. The summed E-state index contributed by atoms with van der Waals surface area (Å²) in [5, 5.41) is 0. The summed E-state index contributed by atoms with van der Waals surface area (Å²) in [4.78, 5) is 21.7. The minimum absolute atomic E-state index is 0.159. The zero-order valence-corrected chi connectivity index (χ0v) is 16.5. The minimum atomic E-state index is 0.159. The lowest BCUT2D eigenvalue weighted by Gasteiger charge is -2.50. The SMILES string of the molecule is O=C(c1ccncc1)N1CCC2(CC1)C[C@@H](c1ccccc1)CN(C1CC1)C2. The third kappa shape index (κ3) is 3.58. The van der Waals surface area contributed by atoms with Gasteiger partial charge in [-0.25, -0.2) is 0 Å². The van der Waals surface area contributed by atoms with E-state index in [1.807, 2.05) is 17.0 Å². The first-order valence-electron chi connectivity index (χ1n) is 10.7. The van der Waals surface area contributed by atoms with Gasteiger partial charge in [0.2, 0.25) is 0 Å². The number of likely N-dealkylation sites (tertiary alicyclic amines) is 2. The Kier molecular flexibility index (Phi) is 4.67. The predicted molar refractivity (Wildman–Crippen MR) is 110 cm³/mol. The first kappa shape index (κ1) is 17.9. The van der Waals surface area contributed by atoms with Crippen LogP contribution < -0.4 is 0 Å². The molecule has 28 heavy (non-hydrogen) atoms. The number of aromatic nitrogens is 1. The molecule has 2 aliphatic heterocycles. The van der Waals surface area contributed by atoms with E-state index in [0.717, 1.165) is 37.5 Å². The molecule has 4 heteroatoms. The highest BCUT2D eigenvalue weighted by Crippen LogP contribution is 2.47. The highest BCUT2D eigenvalue weighted by molar-refractivity contribution is 5.94. The van der Waals surface area contributed by atoms with Crippen LogP contribution in [0.3, 0.4) is 0 Å². The van der Waals surface area contributed by atoms with Crippen LogP contribution in [0.4, 0.5) is 0 Å². The quantitative estimate of drug-likeness (QED) is 0.815. The first-order valence-corrected chi connectivity index (χ1v) is 10.7. The van der Waals surface area contributed by atoms with Gasteiger partial charge in [-0.3, -0.25) is 14.7 Å². The monoisotopic (exact) mass is 375 g/mol. The third-order valence-corrected chi connectivity index (χ3v) is 7.05. The van der Waals surface area contributed by atoms with Crippen LogP contribution in [0.5, 0.6) is 0 Å². The molecule has 1 aromatic carbocycles. The van der Waals surface area contributed by atoms with E-state index < -0.39 is 0 Å². The van der Waals surface area contributed by atoms with E-state index in [2.05, 4.69) is 40.2 Å². The summed E-state index contributed by atoms with van der Waals surface area (Å²) in [6.07, 6.45) is 9.65. The Labute approximate surface area is 167 Å². The molecule has 0 N–H and O–H groups in total. The van der Waals surface area contributed by atoms with Gasteiger partial charge in [-0.05, 0) is 61.1 Å². The van der Waals surface area contributed by atoms with Gasteiger partial charge < -0.3 is 4.90 Å². The zero-order valence-electron chi connectivity index (χ0n) is 16.5. The van der Waals surface area contributed by atoms with Crippen molar-refractivity contribution in [1.29, 1.82) is 0 Å². The molecular formula is C24H29N3O. The Bertz CT molecular complexity index is 810. The molecule has 2 saturated heterocycles. The fourth-order valence-electron chi connectivity index (χ4n) is 5.32. The van der Waals surface area contributed by atoms with Gasteiger partial charge in [0.25, 0.3) is 5.91 Å². The van der Waals surface area contributed by atoms with Crippen LogP contribution >= 0.6 is 0 Å². The predicted octanol–water partition coefficient (Wildman–Crippen LogP) is 3.96. The summed E-state index contributed by atoms with van der Waals surface area (Å²) in [5.41, 5.74) is 2.61. The highest BCUT2D eigenvalue weighted by Gasteiger charge is 2.46. The normalized spacial score (nSPS) is 25.0. The van der Waals surface area contributed by atoms with E-state index in [1.165, 1.54) is 37.9 Å². The Hall–Kier alpha value is -2.20. The van der Waals surface area contributed by atoms with Gasteiger partial charge in [-0.15, -0.1) is 0 Å². The van der Waals surface area contributed by atoms with Crippen LogP contribution in [0.2, 0.25) is 0 Å². The molecule has 0 radical (unpaired) electrons. The molecular weight excluding hydrogens is 346 g/mol. The van der Waals surface area contributed by atoms with Crippen molar-refractivity contribution < 1.29 is 4.79 Å². The Morgan fingerprint density at radius 3 is 2.39 bits per heavy atom. The second-order valence-electron chi connectivity index (χ2n) is 9.00. The van der Waals surface area contributed by atoms with Gasteiger partial charge in [0.05, 0.1) is 0 Å². The lowest BCUT2D eigenvalue weighted by Crippen LogP contribution is -2.53. The van der Waals surface area contributed by atoms with Crippen LogP contribution in [0.1, 0.15) is 53.9 Å². The van der Waals surface area contributed by atoms with E-state index in [4.69, 9.17) is 0 Å². The Morgan fingerprint density at radius 2 is 1.71 bits per heavy atom. The molecule has 1 saturated carbocycles. The molecule has 1 aromatic heterocycles. The average Bonchev–Trinajstić information content (AvgIpc) is 3.60. The molecule has 1 aliphatic carbocycles. The van der Waals surface area contributed by atoms with Crippen molar-refractivity contribution in [2.24, 2.45) is 5.41 Å². The standard InChI is InChI=1S/C24H29N3O/c28-23(20-8-12-25-13-9-20)26-14-10-24(11-15-26)16-21(19-4-2-1-3-5-19)17-27(18-24)22-6-7-22/h1-5,8-9,12-13,21-22H,6-7,10-11,14-18H2/t21-/m1/s1. The van der Waals surface area contributed by atoms with Crippen molar-refractivity contribution in [3.8, 4) is 0 Å². The maximum atomic E-state index is 12.8. The maximum absolute atomic E-state index is 12.8. The van der Waals surface area contributed by atoms with Crippen molar-refractivity contribution in [3.63, 3.8) is 0 Å². The summed E-state index contributed by atoms with van der Waals surface area (Å²) in [6.45, 7) is 4.18. The van der Waals surface area contributed by atoms with E-state index in [-0.39, 0.29) is 5.91 Å². The highest BCUT2D eigenvalue weighted by atomic mass is 16.2. The molecule has 1 atom stereocenters. The van der Waals surface area contributed by atoms with Crippen LogP contribution in [0.15, 0.2) is 54.9 Å². The number of nitrogens with zero attached hydrogens (tertiary/aromatic N) is 3. The number of carbonyl (C=O) groups excluding carboxylic acids is 1. The Balaban J connectivity index is 1.31. The van der Waals surface area contributed by atoms with E-state index in [1.54, 1.807) is 12.4 Å². The molecule has 3 fully saturated rings. The van der Waals surface area contributed by atoms with E-state index >= 15 is 0 Å². The molecule has 0 bridgehead atoms. The Morgan fingerprint density at radius 1 is 1.00 bits per heavy atom. The van der Waals surface area contributed by atoms with Crippen molar-refractivity contribution >= 4 is 5.91 Å². The van der Waals surface area contributed by atoms with Crippen molar-refractivity contribution in [3.05, 3.63) is 66.0 Å². The molecule has 5 rings (SSSR count). The number of piperidine rings is 2. The molecule has 0 unspecified atom stereocenters. The summed E-state index contributed by atoms with van der Waals surface area (Å²) in [5.74, 6) is 0.782. The lowest BCUT2D eigenvalue weighted by molar-refractivity contribution is 0.0111. The smallest absolute Gasteiger partial charge is 0.253 e. The summed E-state index contributed by atoms with van der Waals surface area (Å²) in [7, 11) is 0. The summed E-state index contributed by atoms with van der Waals surface area (Å²) in [6, 6.07) is 15.5. The van der Waals surface area contributed by atoms with E-state index in [9.17, 15) is 4.79 Å². The summed E-state index contributed by atoms with van der Waals surface area (Å²) >= 11 is 0. The van der Waals surface area contributed by atoms with Crippen LogP contribution in [0.25, 0.3) is 0 Å². The van der Waals surface area contributed by atoms with Gasteiger partial charge in [-0.2, -0.15) is 0 Å². The van der Waals surface area contributed by atoms with Crippen LogP contribution in [0, 0.1) is 5.41 Å². The fourth-order valence-corrected chi connectivity index (χ4v) is 5.32. The molecule has 3 heterocycles. The number of pyridine rings is 1. The molecule has 2 aromatic rings. The largest absolute Gasteiger partial charge is 0.339 e. The number of benzene rings is 1. The molecule has 1 amide bonds. The van der Waals surface area contributed by atoms with Crippen LogP contribution in [-0.4, -0.2) is 52.9 Å². The van der Waals surface area contributed by atoms with Gasteiger partial charge in [0, 0.05) is 50.2 Å². The average molecular weight is 376 g/mol. The minimum Gasteiger partial charge on any atom is -0.339 e. The first-order chi connectivity index (χ1) is 13.7. The molecule has 1 spiro atoms. The number of amides is 1.